The highest BCUT2D eigenvalue weighted by Gasteiger charge is 2.34. The lowest BCUT2D eigenvalue weighted by Crippen LogP contribution is -2.18. The lowest BCUT2D eigenvalue weighted by Gasteiger charge is -2.14. The summed E-state index contributed by atoms with van der Waals surface area (Å²) >= 11 is 0. The van der Waals surface area contributed by atoms with Gasteiger partial charge in [-0.2, -0.15) is 13.2 Å². The fourth-order valence-electron chi connectivity index (χ4n) is 1.51. The number of hydrogen-bond acceptors (Lipinski definition) is 3. The lowest BCUT2D eigenvalue weighted by molar-refractivity contribution is -0.143. The van der Waals surface area contributed by atoms with Crippen LogP contribution in [0.5, 0.6) is 0 Å². The predicted molar refractivity (Wildman–Crippen MR) is 59.6 cm³/mol. The van der Waals surface area contributed by atoms with Crippen molar-refractivity contribution in [2.45, 2.75) is 25.6 Å². The van der Waals surface area contributed by atoms with Gasteiger partial charge in [-0.3, -0.25) is 4.79 Å². The molecule has 1 atom stereocenters. The van der Waals surface area contributed by atoms with E-state index in [1.54, 1.807) is 6.92 Å². The molecule has 0 amide bonds. The van der Waals surface area contributed by atoms with Crippen LogP contribution in [-0.4, -0.2) is 12.6 Å². The highest BCUT2D eigenvalue weighted by Crippen LogP contribution is 2.32. The molecule has 0 bridgehead atoms. The van der Waals surface area contributed by atoms with Crippen LogP contribution in [0.4, 0.5) is 17.6 Å². The Bertz CT molecular complexity index is 460. The van der Waals surface area contributed by atoms with Crippen molar-refractivity contribution in [3.8, 4) is 0 Å². The summed E-state index contributed by atoms with van der Waals surface area (Å²) in [6.07, 6.45) is -4.98. The lowest BCUT2D eigenvalue weighted by atomic mass is 10.0. The maximum Gasteiger partial charge on any atom is 0.419 e. The molecule has 0 unspecified atom stereocenters. The number of carbonyl (C=O) groups is 1. The van der Waals surface area contributed by atoms with Crippen LogP contribution < -0.4 is 5.73 Å². The highest BCUT2D eigenvalue weighted by molar-refractivity contribution is 5.70. The SMILES string of the molecule is CCOC(=O)C[C@H](N)c1ccc(C(F)(F)F)c(F)c1. The first kappa shape index (κ1) is 15.4. The molecular formula is C12H13F4NO2. The number of ether oxygens (including phenoxy) is 1. The average molecular weight is 279 g/mol. The maximum atomic E-state index is 13.3. The zero-order valence-electron chi connectivity index (χ0n) is 10.1. The van der Waals surface area contributed by atoms with Gasteiger partial charge in [0.25, 0.3) is 0 Å². The molecule has 0 heterocycles. The summed E-state index contributed by atoms with van der Waals surface area (Å²) in [4.78, 5) is 11.2. The molecule has 1 rings (SSSR count). The summed E-state index contributed by atoms with van der Waals surface area (Å²) in [6.45, 7) is 1.79. The highest BCUT2D eigenvalue weighted by atomic mass is 19.4. The van der Waals surface area contributed by atoms with Gasteiger partial charge in [0.1, 0.15) is 5.82 Å². The van der Waals surface area contributed by atoms with Crippen molar-refractivity contribution < 1.29 is 27.1 Å². The Morgan fingerprint density at radius 2 is 2.05 bits per heavy atom. The summed E-state index contributed by atoms with van der Waals surface area (Å²) in [6, 6.07) is 1.44. The molecule has 2 N–H and O–H groups in total. The van der Waals surface area contributed by atoms with Gasteiger partial charge in [-0.15, -0.1) is 0 Å². The van der Waals surface area contributed by atoms with Gasteiger partial charge < -0.3 is 10.5 Å². The minimum atomic E-state index is -4.76. The van der Waals surface area contributed by atoms with E-state index in [1.165, 1.54) is 0 Å². The number of benzene rings is 1. The summed E-state index contributed by atoms with van der Waals surface area (Å²) in [5.74, 6) is -2.00. The number of nitrogens with two attached hydrogens (primary N) is 1. The van der Waals surface area contributed by atoms with E-state index >= 15 is 0 Å². The minimum Gasteiger partial charge on any atom is -0.466 e. The van der Waals surface area contributed by atoms with Crippen LogP contribution in [0.1, 0.15) is 30.5 Å². The minimum absolute atomic E-state index is 0.110. The molecule has 1 aromatic rings. The van der Waals surface area contributed by atoms with Gasteiger partial charge in [-0.1, -0.05) is 6.07 Å². The van der Waals surface area contributed by atoms with E-state index in [2.05, 4.69) is 4.74 Å². The molecule has 19 heavy (non-hydrogen) atoms. The summed E-state index contributed by atoms with van der Waals surface area (Å²) < 4.78 is 55.0. The van der Waals surface area contributed by atoms with Gasteiger partial charge in [0.15, 0.2) is 0 Å². The quantitative estimate of drug-likeness (QED) is 0.681. The van der Waals surface area contributed by atoms with E-state index in [0.29, 0.717) is 12.1 Å². The topological polar surface area (TPSA) is 52.3 Å². The van der Waals surface area contributed by atoms with Gasteiger partial charge in [-0.05, 0) is 24.6 Å². The van der Waals surface area contributed by atoms with Crippen LogP contribution in [0.3, 0.4) is 0 Å². The molecule has 0 aliphatic rings. The molecular weight excluding hydrogens is 266 g/mol. The Hall–Kier alpha value is -1.63. The first-order valence-corrected chi connectivity index (χ1v) is 5.53. The fraction of sp³-hybridized carbons (Fsp3) is 0.417. The van der Waals surface area contributed by atoms with E-state index in [0.717, 1.165) is 6.07 Å². The third-order valence-electron chi connectivity index (χ3n) is 2.42. The Kier molecular flexibility index (Phi) is 4.88. The van der Waals surface area contributed by atoms with E-state index in [9.17, 15) is 22.4 Å². The molecule has 0 saturated heterocycles. The van der Waals surface area contributed by atoms with Crippen LogP contribution in [0.2, 0.25) is 0 Å². The van der Waals surface area contributed by atoms with Crippen molar-refractivity contribution in [2.75, 3.05) is 6.61 Å². The standard InChI is InChI=1S/C12H13F4NO2/c1-2-19-11(18)6-10(17)7-3-4-8(9(13)5-7)12(14,15)16/h3-5,10H,2,6,17H2,1H3/t10-/m0/s1. The normalized spacial score (nSPS) is 13.2. The van der Waals surface area contributed by atoms with Crippen molar-refractivity contribution in [1.29, 1.82) is 0 Å². The molecule has 1 aromatic carbocycles. The molecule has 0 aromatic heterocycles. The molecule has 0 spiro atoms. The van der Waals surface area contributed by atoms with Crippen LogP contribution in [0.15, 0.2) is 18.2 Å². The van der Waals surface area contributed by atoms with Crippen molar-refractivity contribution in [1.82, 2.24) is 0 Å². The number of carbonyl (C=O) groups excluding carboxylic acids is 1. The van der Waals surface area contributed by atoms with Gasteiger partial charge in [0.2, 0.25) is 0 Å². The Labute approximate surface area is 107 Å². The number of hydrogen-bond donors (Lipinski definition) is 1. The van der Waals surface area contributed by atoms with E-state index in [1.807, 2.05) is 0 Å². The van der Waals surface area contributed by atoms with Crippen LogP contribution >= 0.6 is 0 Å². The number of esters is 1. The molecule has 0 aliphatic heterocycles. The van der Waals surface area contributed by atoms with Crippen molar-refractivity contribution in [2.24, 2.45) is 5.73 Å². The second-order valence-electron chi connectivity index (χ2n) is 3.85. The van der Waals surface area contributed by atoms with Crippen molar-refractivity contribution >= 4 is 5.97 Å². The van der Waals surface area contributed by atoms with Crippen LogP contribution in [-0.2, 0) is 15.7 Å². The third kappa shape index (κ3) is 4.20. The number of halogens is 4. The zero-order valence-corrected chi connectivity index (χ0v) is 10.1. The van der Waals surface area contributed by atoms with E-state index < -0.39 is 29.6 Å². The second-order valence-corrected chi connectivity index (χ2v) is 3.85. The Morgan fingerprint density at radius 1 is 1.42 bits per heavy atom. The van der Waals surface area contributed by atoms with Gasteiger partial charge in [0.05, 0.1) is 18.6 Å². The average Bonchev–Trinajstić information content (AvgIpc) is 2.27. The van der Waals surface area contributed by atoms with E-state index in [-0.39, 0.29) is 18.6 Å². The molecule has 3 nitrogen and oxygen atoms in total. The number of rotatable bonds is 4. The summed E-state index contributed by atoms with van der Waals surface area (Å²) in [5.41, 5.74) is 4.35. The first-order chi connectivity index (χ1) is 8.75. The monoisotopic (exact) mass is 279 g/mol. The maximum absolute atomic E-state index is 13.3. The van der Waals surface area contributed by atoms with Gasteiger partial charge in [-0.25, -0.2) is 4.39 Å². The second kappa shape index (κ2) is 6.01. The largest absolute Gasteiger partial charge is 0.466 e. The third-order valence-corrected chi connectivity index (χ3v) is 2.42. The molecule has 106 valence electrons. The molecule has 0 aliphatic carbocycles. The molecule has 0 radical (unpaired) electrons. The zero-order chi connectivity index (χ0) is 14.6. The summed E-state index contributed by atoms with van der Waals surface area (Å²) in [5, 5.41) is 0. The number of alkyl halides is 3. The van der Waals surface area contributed by atoms with Crippen molar-refractivity contribution in [3.05, 3.63) is 35.1 Å². The molecule has 7 heteroatoms. The van der Waals surface area contributed by atoms with Crippen LogP contribution in [0, 0.1) is 5.82 Å². The van der Waals surface area contributed by atoms with Crippen molar-refractivity contribution in [3.63, 3.8) is 0 Å². The summed E-state index contributed by atoms with van der Waals surface area (Å²) in [7, 11) is 0. The fourth-order valence-corrected chi connectivity index (χ4v) is 1.51. The van der Waals surface area contributed by atoms with E-state index in [4.69, 9.17) is 5.73 Å². The van der Waals surface area contributed by atoms with Crippen LogP contribution in [0.25, 0.3) is 0 Å². The van der Waals surface area contributed by atoms with Gasteiger partial charge >= 0.3 is 12.1 Å². The van der Waals surface area contributed by atoms with Gasteiger partial charge in [0, 0.05) is 6.04 Å². The predicted octanol–water partition coefficient (Wildman–Crippen LogP) is 2.80. The smallest absolute Gasteiger partial charge is 0.419 e. The Morgan fingerprint density at radius 3 is 2.53 bits per heavy atom. The first-order valence-electron chi connectivity index (χ1n) is 5.53. The molecule has 0 fully saturated rings. The Balaban J connectivity index is 2.86. The molecule has 0 saturated carbocycles.